The van der Waals surface area contributed by atoms with Crippen molar-refractivity contribution in [3.8, 4) is 11.4 Å². The van der Waals surface area contributed by atoms with Gasteiger partial charge in [-0.2, -0.15) is 0 Å². The molecule has 5 rings (SSSR count). The van der Waals surface area contributed by atoms with E-state index in [1.807, 2.05) is 36.4 Å². The average Bonchev–Trinajstić information content (AvgIpc) is 3.31. The molecule has 1 N–H and O–H groups in total. The minimum absolute atomic E-state index is 0.122. The highest BCUT2D eigenvalue weighted by Crippen LogP contribution is 2.28. The number of carbonyl (C=O) groups excluding carboxylic acids is 1. The van der Waals surface area contributed by atoms with Crippen LogP contribution in [0.3, 0.4) is 0 Å². The molecule has 4 aromatic rings. The van der Waals surface area contributed by atoms with Gasteiger partial charge in [0, 0.05) is 5.69 Å². The Labute approximate surface area is 195 Å². The summed E-state index contributed by atoms with van der Waals surface area (Å²) in [6.07, 6.45) is 3.32. The van der Waals surface area contributed by atoms with E-state index in [1.54, 1.807) is 25.3 Å². The fourth-order valence-electron chi connectivity index (χ4n) is 4.21. The number of aromatic nitrogens is 2. The molecule has 1 aromatic heterocycles. The highest BCUT2D eigenvalue weighted by Gasteiger charge is 2.18. The standard InChI is InChI=1S/C26H23N3O3S/c1-32-23-12-5-4-11-22(23)29-25(31)20-9-2-3-10-21(20)28-26(29)33-16-24(30)27-19-14-13-17-7-6-8-18(17)15-19/h2-5,9-15H,6-8,16H2,1H3,(H,27,30). The first-order valence-electron chi connectivity index (χ1n) is 10.8. The second kappa shape index (κ2) is 9.11. The zero-order chi connectivity index (χ0) is 22.8. The number of thioether (sulfide) groups is 1. The van der Waals surface area contributed by atoms with Gasteiger partial charge >= 0.3 is 0 Å². The predicted molar refractivity (Wildman–Crippen MR) is 132 cm³/mol. The molecule has 1 aliphatic carbocycles. The first-order chi connectivity index (χ1) is 16.1. The van der Waals surface area contributed by atoms with E-state index < -0.39 is 0 Å². The minimum atomic E-state index is -0.202. The number of ether oxygens (including phenoxy) is 1. The van der Waals surface area contributed by atoms with Crippen LogP contribution in [0.25, 0.3) is 16.6 Å². The predicted octanol–water partition coefficient (Wildman–Crippen LogP) is 4.61. The van der Waals surface area contributed by atoms with Crippen molar-refractivity contribution in [2.75, 3.05) is 18.2 Å². The van der Waals surface area contributed by atoms with Gasteiger partial charge in [0.1, 0.15) is 5.75 Å². The van der Waals surface area contributed by atoms with Crippen LogP contribution in [-0.2, 0) is 17.6 Å². The quantitative estimate of drug-likeness (QED) is 0.338. The number of hydrogen-bond donors (Lipinski definition) is 1. The van der Waals surface area contributed by atoms with Gasteiger partial charge in [-0.3, -0.25) is 14.2 Å². The molecule has 0 atom stereocenters. The van der Waals surface area contributed by atoms with Crippen LogP contribution in [0.5, 0.6) is 5.75 Å². The summed E-state index contributed by atoms with van der Waals surface area (Å²) >= 11 is 1.23. The van der Waals surface area contributed by atoms with Crippen molar-refractivity contribution in [1.82, 2.24) is 9.55 Å². The first-order valence-corrected chi connectivity index (χ1v) is 11.8. The molecule has 33 heavy (non-hydrogen) atoms. The van der Waals surface area contributed by atoms with Gasteiger partial charge in [-0.25, -0.2) is 4.98 Å². The van der Waals surface area contributed by atoms with E-state index in [9.17, 15) is 9.59 Å². The number of amides is 1. The molecule has 0 saturated heterocycles. The van der Waals surface area contributed by atoms with Crippen LogP contribution >= 0.6 is 11.8 Å². The lowest BCUT2D eigenvalue weighted by Crippen LogP contribution is -2.23. The lowest BCUT2D eigenvalue weighted by Gasteiger charge is -2.15. The summed E-state index contributed by atoms with van der Waals surface area (Å²) in [6, 6.07) is 20.6. The van der Waals surface area contributed by atoms with Crippen LogP contribution in [0.15, 0.2) is 76.7 Å². The number of methoxy groups -OCH3 is 1. The van der Waals surface area contributed by atoms with E-state index in [2.05, 4.69) is 17.4 Å². The third-order valence-corrected chi connectivity index (χ3v) is 6.72. The Morgan fingerprint density at radius 1 is 1.06 bits per heavy atom. The Kier molecular flexibility index (Phi) is 5.88. The molecule has 1 aliphatic rings. The monoisotopic (exact) mass is 457 g/mol. The summed E-state index contributed by atoms with van der Waals surface area (Å²) in [4.78, 5) is 30.9. The third-order valence-electron chi connectivity index (χ3n) is 5.79. The maximum atomic E-state index is 13.4. The van der Waals surface area contributed by atoms with Crippen LogP contribution in [0.4, 0.5) is 5.69 Å². The number of anilines is 1. The van der Waals surface area contributed by atoms with Crippen LogP contribution in [0.2, 0.25) is 0 Å². The Morgan fingerprint density at radius 2 is 1.85 bits per heavy atom. The van der Waals surface area contributed by atoms with E-state index in [4.69, 9.17) is 9.72 Å². The Hall–Kier alpha value is -3.58. The topological polar surface area (TPSA) is 73.2 Å². The highest BCUT2D eigenvalue weighted by molar-refractivity contribution is 7.99. The molecule has 166 valence electrons. The molecule has 6 nitrogen and oxygen atoms in total. The van der Waals surface area contributed by atoms with Gasteiger partial charge in [-0.15, -0.1) is 0 Å². The summed E-state index contributed by atoms with van der Waals surface area (Å²) in [7, 11) is 1.56. The van der Waals surface area contributed by atoms with Gasteiger partial charge in [0.25, 0.3) is 5.56 Å². The maximum absolute atomic E-state index is 13.4. The van der Waals surface area contributed by atoms with Crippen molar-refractivity contribution < 1.29 is 9.53 Å². The summed E-state index contributed by atoms with van der Waals surface area (Å²) in [6.45, 7) is 0. The molecule has 0 aliphatic heterocycles. The molecule has 7 heteroatoms. The normalized spacial score (nSPS) is 12.5. The lowest BCUT2D eigenvalue weighted by atomic mass is 10.1. The van der Waals surface area contributed by atoms with Crippen molar-refractivity contribution in [2.24, 2.45) is 0 Å². The second-order valence-electron chi connectivity index (χ2n) is 7.90. The first kappa shape index (κ1) is 21.3. The van der Waals surface area contributed by atoms with Gasteiger partial charge in [0.2, 0.25) is 5.91 Å². The molecular formula is C26H23N3O3S. The molecular weight excluding hydrogens is 434 g/mol. The number of nitrogens with zero attached hydrogens (tertiary/aromatic N) is 2. The molecule has 0 fully saturated rings. The van der Waals surface area contributed by atoms with Gasteiger partial charge < -0.3 is 10.1 Å². The molecule has 1 amide bonds. The summed E-state index contributed by atoms with van der Waals surface area (Å²) in [5.41, 5.74) is 4.45. The SMILES string of the molecule is COc1ccccc1-n1c(SCC(=O)Nc2ccc3c(c2)CCC3)nc2ccccc2c1=O. The van der Waals surface area contributed by atoms with Gasteiger partial charge in [-0.05, 0) is 66.8 Å². The fraction of sp³-hybridized carbons (Fsp3) is 0.192. The molecule has 0 saturated carbocycles. The van der Waals surface area contributed by atoms with E-state index in [0.717, 1.165) is 24.9 Å². The Balaban J connectivity index is 1.46. The number of aryl methyl sites for hydroxylation is 2. The second-order valence-corrected chi connectivity index (χ2v) is 8.84. The van der Waals surface area contributed by atoms with Crippen molar-refractivity contribution in [3.63, 3.8) is 0 Å². The highest BCUT2D eigenvalue weighted by atomic mass is 32.2. The third kappa shape index (κ3) is 4.24. The molecule has 0 radical (unpaired) electrons. The number of rotatable bonds is 6. The minimum Gasteiger partial charge on any atom is -0.495 e. The maximum Gasteiger partial charge on any atom is 0.266 e. The van der Waals surface area contributed by atoms with Crippen molar-refractivity contribution in [3.05, 3.63) is 88.2 Å². The number of nitrogens with one attached hydrogen (secondary N) is 1. The summed E-state index contributed by atoms with van der Waals surface area (Å²) < 4.78 is 7.01. The number of para-hydroxylation sites is 3. The number of fused-ring (bicyclic) bond motifs is 2. The van der Waals surface area contributed by atoms with E-state index in [0.29, 0.717) is 27.5 Å². The largest absolute Gasteiger partial charge is 0.495 e. The van der Waals surface area contributed by atoms with Crippen molar-refractivity contribution in [1.29, 1.82) is 0 Å². The zero-order valence-electron chi connectivity index (χ0n) is 18.2. The zero-order valence-corrected chi connectivity index (χ0v) is 19.0. The summed E-state index contributed by atoms with van der Waals surface area (Å²) in [5, 5.41) is 3.92. The van der Waals surface area contributed by atoms with Crippen LogP contribution < -0.4 is 15.6 Å². The number of carbonyl (C=O) groups is 1. The van der Waals surface area contributed by atoms with Crippen molar-refractivity contribution >= 4 is 34.3 Å². The van der Waals surface area contributed by atoms with Gasteiger partial charge in [0.05, 0.1) is 29.5 Å². The van der Waals surface area contributed by atoms with E-state index in [-0.39, 0.29) is 17.2 Å². The molecule has 1 heterocycles. The van der Waals surface area contributed by atoms with Crippen molar-refractivity contribution in [2.45, 2.75) is 24.4 Å². The van der Waals surface area contributed by atoms with Crippen LogP contribution in [-0.4, -0.2) is 28.3 Å². The summed E-state index contributed by atoms with van der Waals surface area (Å²) in [5.74, 6) is 0.532. The Bertz CT molecular complexity index is 1410. The van der Waals surface area contributed by atoms with E-state index >= 15 is 0 Å². The van der Waals surface area contributed by atoms with E-state index in [1.165, 1.54) is 27.5 Å². The molecule has 0 unspecified atom stereocenters. The van der Waals surface area contributed by atoms with Crippen LogP contribution in [0.1, 0.15) is 17.5 Å². The van der Waals surface area contributed by atoms with Gasteiger partial charge in [0.15, 0.2) is 5.16 Å². The number of benzene rings is 3. The molecule has 0 bridgehead atoms. The lowest BCUT2D eigenvalue weighted by molar-refractivity contribution is -0.113. The molecule has 0 spiro atoms. The van der Waals surface area contributed by atoms with Gasteiger partial charge in [-0.1, -0.05) is 42.1 Å². The Morgan fingerprint density at radius 3 is 2.73 bits per heavy atom. The van der Waals surface area contributed by atoms with Crippen LogP contribution in [0, 0.1) is 0 Å². The fourth-order valence-corrected chi connectivity index (χ4v) is 5.02. The number of hydrogen-bond acceptors (Lipinski definition) is 5. The average molecular weight is 458 g/mol. The smallest absolute Gasteiger partial charge is 0.266 e. The molecule has 3 aromatic carbocycles.